The number of nitrogens with two attached hydrogens (primary N) is 1. The molecule has 11 nitrogen and oxygen atoms in total. The zero-order valence-corrected chi connectivity index (χ0v) is 28.5. The summed E-state index contributed by atoms with van der Waals surface area (Å²) in [7, 11) is 0. The van der Waals surface area contributed by atoms with E-state index in [9.17, 15) is 24.0 Å². The molecule has 0 spiro atoms. The molecule has 0 radical (unpaired) electrons. The SMILES string of the molecule is Cc1cccc(C(C(=O)NC(Cc2ccccc2)C(=O)OC(C)(C)C)N(C(=O)C(CCC(N)=O)NC(=O)OC(C)(C)C)C(C)C)c1. The Kier molecular flexibility index (Phi) is 13.3. The van der Waals surface area contributed by atoms with E-state index in [-0.39, 0.29) is 19.3 Å². The van der Waals surface area contributed by atoms with Crippen LogP contribution in [0.25, 0.3) is 0 Å². The second kappa shape index (κ2) is 16.2. The van der Waals surface area contributed by atoms with Crippen LogP contribution in [0.1, 0.15) is 91.0 Å². The maximum atomic E-state index is 14.4. The molecule has 0 bridgehead atoms. The van der Waals surface area contributed by atoms with Crippen molar-refractivity contribution < 1.29 is 33.4 Å². The van der Waals surface area contributed by atoms with E-state index in [1.165, 1.54) is 4.90 Å². The molecule has 4 amide bonds. The Bertz CT molecular complexity index is 1360. The molecule has 0 heterocycles. The molecule has 11 heteroatoms. The first-order valence-corrected chi connectivity index (χ1v) is 15.5. The summed E-state index contributed by atoms with van der Waals surface area (Å²) in [4.78, 5) is 68.0. The van der Waals surface area contributed by atoms with Gasteiger partial charge in [0.05, 0.1) is 0 Å². The van der Waals surface area contributed by atoms with Crippen LogP contribution in [0.3, 0.4) is 0 Å². The largest absolute Gasteiger partial charge is 0.458 e. The summed E-state index contributed by atoms with van der Waals surface area (Å²) in [5, 5.41) is 5.44. The molecule has 2 aromatic carbocycles. The highest BCUT2D eigenvalue weighted by atomic mass is 16.6. The van der Waals surface area contributed by atoms with Crippen LogP contribution in [-0.4, -0.2) is 64.0 Å². The zero-order valence-electron chi connectivity index (χ0n) is 28.5. The monoisotopic (exact) mass is 638 g/mol. The van der Waals surface area contributed by atoms with Crippen LogP contribution in [-0.2, 0) is 35.1 Å². The van der Waals surface area contributed by atoms with Crippen LogP contribution in [0.15, 0.2) is 54.6 Å². The molecule has 0 aliphatic rings. The average molecular weight is 639 g/mol. The number of primary amides is 1. The lowest BCUT2D eigenvalue weighted by atomic mass is 9.97. The molecular weight excluding hydrogens is 588 g/mol. The van der Waals surface area contributed by atoms with Gasteiger partial charge < -0.3 is 30.7 Å². The number of esters is 1. The minimum atomic E-state index is -1.24. The van der Waals surface area contributed by atoms with Gasteiger partial charge in [0.2, 0.25) is 17.7 Å². The molecule has 0 fully saturated rings. The molecular formula is C35H50N4O7. The molecule has 0 aliphatic heterocycles. The van der Waals surface area contributed by atoms with Crippen LogP contribution >= 0.6 is 0 Å². The summed E-state index contributed by atoms with van der Waals surface area (Å²) in [5.74, 6) is -2.53. The number of hydrogen-bond donors (Lipinski definition) is 3. The third kappa shape index (κ3) is 12.5. The van der Waals surface area contributed by atoms with Gasteiger partial charge in [0.15, 0.2) is 0 Å². The smallest absolute Gasteiger partial charge is 0.408 e. The van der Waals surface area contributed by atoms with E-state index in [2.05, 4.69) is 10.6 Å². The van der Waals surface area contributed by atoms with Crippen molar-refractivity contribution in [2.75, 3.05) is 0 Å². The van der Waals surface area contributed by atoms with E-state index in [0.717, 1.165) is 11.1 Å². The summed E-state index contributed by atoms with van der Waals surface area (Å²) in [5.41, 5.74) is 5.88. The van der Waals surface area contributed by atoms with E-state index in [1.54, 1.807) is 73.6 Å². The molecule has 3 unspecified atom stereocenters. The van der Waals surface area contributed by atoms with Gasteiger partial charge in [0.25, 0.3) is 0 Å². The molecule has 3 atom stereocenters. The number of amides is 4. The summed E-state index contributed by atoms with van der Waals surface area (Å²) in [6.07, 6.45) is -1.02. The van der Waals surface area contributed by atoms with E-state index in [0.29, 0.717) is 5.56 Å². The first kappa shape index (κ1) is 37.8. The molecule has 0 saturated carbocycles. The fourth-order valence-corrected chi connectivity index (χ4v) is 4.80. The lowest BCUT2D eigenvalue weighted by molar-refractivity contribution is -0.159. The molecule has 0 aromatic heterocycles. The molecule has 2 aromatic rings. The van der Waals surface area contributed by atoms with Gasteiger partial charge >= 0.3 is 12.1 Å². The van der Waals surface area contributed by atoms with Crippen LogP contribution in [0, 0.1) is 6.92 Å². The maximum absolute atomic E-state index is 14.4. The quantitative estimate of drug-likeness (QED) is 0.273. The van der Waals surface area contributed by atoms with Gasteiger partial charge in [-0.25, -0.2) is 9.59 Å². The predicted octanol–water partition coefficient (Wildman–Crippen LogP) is 4.50. The van der Waals surface area contributed by atoms with Crippen molar-refractivity contribution in [1.82, 2.24) is 15.5 Å². The van der Waals surface area contributed by atoms with Gasteiger partial charge in [0.1, 0.15) is 29.3 Å². The second-order valence-electron chi connectivity index (χ2n) is 13.6. The highest BCUT2D eigenvalue weighted by Crippen LogP contribution is 2.27. The predicted molar refractivity (Wildman–Crippen MR) is 175 cm³/mol. The van der Waals surface area contributed by atoms with Crippen molar-refractivity contribution >= 4 is 29.8 Å². The number of hydrogen-bond acceptors (Lipinski definition) is 7. The Morgan fingerprint density at radius 2 is 1.43 bits per heavy atom. The second-order valence-corrected chi connectivity index (χ2v) is 13.6. The van der Waals surface area contributed by atoms with Gasteiger partial charge in [-0.15, -0.1) is 0 Å². The van der Waals surface area contributed by atoms with Crippen molar-refractivity contribution in [3.8, 4) is 0 Å². The number of ether oxygens (including phenoxy) is 2. The highest BCUT2D eigenvalue weighted by Gasteiger charge is 2.39. The first-order chi connectivity index (χ1) is 21.3. The van der Waals surface area contributed by atoms with Crippen molar-refractivity contribution in [2.24, 2.45) is 5.73 Å². The Balaban J connectivity index is 2.60. The number of carbonyl (C=O) groups is 5. The minimum absolute atomic E-state index is 0.118. The van der Waals surface area contributed by atoms with Crippen molar-refractivity contribution in [1.29, 1.82) is 0 Å². The van der Waals surface area contributed by atoms with Gasteiger partial charge in [-0.1, -0.05) is 60.2 Å². The molecule has 0 aliphatic carbocycles. The van der Waals surface area contributed by atoms with Gasteiger partial charge in [-0.05, 0) is 79.9 Å². The maximum Gasteiger partial charge on any atom is 0.408 e. The molecule has 4 N–H and O–H groups in total. The summed E-state index contributed by atoms with van der Waals surface area (Å²) in [6.45, 7) is 15.6. The molecule has 252 valence electrons. The number of carbonyl (C=O) groups excluding carboxylic acids is 5. The van der Waals surface area contributed by atoms with E-state index in [1.807, 2.05) is 43.3 Å². The Hall–Kier alpha value is -4.41. The third-order valence-electron chi connectivity index (χ3n) is 6.65. The van der Waals surface area contributed by atoms with E-state index < -0.39 is 65.2 Å². The molecule has 0 saturated heterocycles. The fourth-order valence-electron chi connectivity index (χ4n) is 4.80. The number of aryl methyl sites for hydroxylation is 1. The van der Waals surface area contributed by atoms with Crippen molar-refractivity contribution in [2.45, 2.75) is 117 Å². The van der Waals surface area contributed by atoms with Crippen molar-refractivity contribution in [3.63, 3.8) is 0 Å². The van der Waals surface area contributed by atoms with Gasteiger partial charge in [-0.3, -0.25) is 14.4 Å². The topological polar surface area (TPSA) is 157 Å². The van der Waals surface area contributed by atoms with Crippen LogP contribution in [0.5, 0.6) is 0 Å². The van der Waals surface area contributed by atoms with Crippen molar-refractivity contribution in [3.05, 3.63) is 71.3 Å². The van der Waals surface area contributed by atoms with Crippen LogP contribution < -0.4 is 16.4 Å². The lowest BCUT2D eigenvalue weighted by Gasteiger charge is -2.38. The molecule has 2 rings (SSSR count). The number of benzene rings is 2. The summed E-state index contributed by atoms with van der Waals surface area (Å²) >= 11 is 0. The van der Waals surface area contributed by atoms with E-state index >= 15 is 0 Å². The summed E-state index contributed by atoms with van der Waals surface area (Å²) < 4.78 is 11.1. The normalized spacial score (nSPS) is 13.6. The number of nitrogens with zero attached hydrogens (tertiary/aromatic N) is 1. The fraction of sp³-hybridized carbons (Fsp3) is 0.514. The Morgan fingerprint density at radius 1 is 0.826 bits per heavy atom. The summed E-state index contributed by atoms with van der Waals surface area (Å²) in [6, 6.07) is 12.3. The van der Waals surface area contributed by atoms with Gasteiger partial charge in [-0.2, -0.15) is 0 Å². The first-order valence-electron chi connectivity index (χ1n) is 15.5. The number of nitrogens with one attached hydrogen (secondary N) is 2. The lowest BCUT2D eigenvalue weighted by Crippen LogP contribution is -2.56. The number of rotatable bonds is 13. The van der Waals surface area contributed by atoms with Crippen LogP contribution in [0.2, 0.25) is 0 Å². The number of alkyl carbamates (subject to hydrolysis) is 1. The Morgan fingerprint density at radius 3 is 1.96 bits per heavy atom. The Labute approximate surface area is 272 Å². The standard InChI is InChI=1S/C35H50N4O7/c1-22(2)39(31(42)26(18-19-28(36)40)38-33(44)46-35(7,8)9)29(25-17-13-14-23(3)20-25)30(41)37-27(32(43)45-34(4,5)6)21-24-15-11-10-12-16-24/h10-17,20,22,26-27,29H,18-19,21H2,1-9H3,(H2,36,40)(H,37,41)(H,38,44). The molecule has 46 heavy (non-hydrogen) atoms. The zero-order chi connectivity index (χ0) is 34.8. The van der Waals surface area contributed by atoms with Gasteiger partial charge in [0, 0.05) is 18.9 Å². The third-order valence-corrected chi connectivity index (χ3v) is 6.65. The highest BCUT2D eigenvalue weighted by molar-refractivity contribution is 5.94. The van der Waals surface area contributed by atoms with E-state index in [4.69, 9.17) is 15.2 Å². The van der Waals surface area contributed by atoms with Crippen LogP contribution in [0.4, 0.5) is 4.79 Å². The minimum Gasteiger partial charge on any atom is -0.458 e. The average Bonchev–Trinajstić information content (AvgIpc) is 2.91.